The number of hydrogen-bond donors (Lipinski definition) is 0. The molecule has 0 spiro atoms. The first-order valence-corrected chi connectivity index (χ1v) is 7.92. The molecule has 0 amide bonds. The number of aliphatic imine (C=N–C) groups is 1. The maximum atomic E-state index is 12.0. The fourth-order valence-corrected chi connectivity index (χ4v) is 2.14. The zero-order valence-corrected chi connectivity index (χ0v) is 13.9. The molecule has 5 heteroatoms. The molecule has 25 heavy (non-hydrogen) atoms. The monoisotopic (exact) mass is 335 g/mol. The molecule has 5 nitrogen and oxygen atoms in total. The lowest BCUT2D eigenvalue weighted by Crippen LogP contribution is -2.14. The third kappa shape index (κ3) is 4.01. The Bertz CT molecular complexity index is 849. The molecule has 0 fully saturated rings. The van der Waals surface area contributed by atoms with Crippen LogP contribution >= 0.6 is 0 Å². The van der Waals surface area contributed by atoms with Crippen LogP contribution in [0.25, 0.3) is 6.08 Å². The van der Waals surface area contributed by atoms with Gasteiger partial charge >= 0.3 is 11.9 Å². The standard InChI is InChI=1S/C20H17NO4/c1-13(2)19(22)24-16-10-8-14(9-11-16)12-17-20(23)25-18(21-17)15-6-4-3-5-7-15/h3-13H,1-2H3/b17-12-. The molecule has 1 heterocycles. The van der Waals surface area contributed by atoms with Crippen molar-refractivity contribution in [3.63, 3.8) is 0 Å². The van der Waals surface area contributed by atoms with Crippen molar-refractivity contribution in [2.24, 2.45) is 10.9 Å². The lowest BCUT2D eigenvalue weighted by molar-refractivity contribution is -0.137. The first-order valence-electron chi connectivity index (χ1n) is 7.92. The van der Waals surface area contributed by atoms with E-state index in [9.17, 15) is 9.59 Å². The van der Waals surface area contributed by atoms with Crippen LogP contribution in [0.5, 0.6) is 5.75 Å². The van der Waals surface area contributed by atoms with E-state index < -0.39 is 5.97 Å². The van der Waals surface area contributed by atoms with Crippen LogP contribution < -0.4 is 4.74 Å². The van der Waals surface area contributed by atoms with Gasteiger partial charge in [0.2, 0.25) is 5.90 Å². The molecule has 0 bridgehead atoms. The van der Waals surface area contributed by atoms with Crippen LogP contribution in [0.4, 0.5) is 0 Å². The second-order valence-corrected chi connectivity index (χ2v) is 5.85. The summed E-state index contributed by atoms with van der Waals surface area (Å²) in [5.41, 5.74) is 1.73. The van der Waals surface area contributed by atoms with Gasteiger partial charge in [-0.1, -0.05) is 44.2 Å². The van der Waals surface area contributed by atoms with Crippen molar-refractivity contribution < 1.29 is 19.1 Å². The number of benzene rings is 2. The highest BCUT2D eigenvalue weighted by molar-refractivity contribution is 6.12. The van der Waals surface area contributed by atoms with Gasteiger partial charge in [-0.2, -0.15) is 0 Å². The Labute approximate surface area is 145 Å². The minimum atomic E-state index is -0.492. The first kappa shape index (κ1) is 16.6. The molecule has 0 atom stereocenters. The van der Waals surface area contributed by atoms with E-state index in [1.807, 2.05) is 30.3 Å². The van der Waals surface area contributed by atoms with Gasteiger partial charge in [0.1, 0.15) is 5.75 Å². The molecule has 0 saturated carbocycles. The summed E-state index contributed by atoms with van der Waals surface area (Å²) in [6.07, 6.45) is 1.63. The molecular weight excluding hydrogens is 318 g/mol. The van der Waals surface area contributed by atoms with Crippen molar-refractivity contribution in [1.29, 1.82) is 0 Å². The maximum Gasteiger partial charge on any atom is 0.363 e. The molecule has 2 aromatic rings. The lowest BCUT2D eigenvalue weighted by atomic mass is 10.2. The average Bonchev–Trinajstić information content (AvgIpc) is 2.98. The maximum absolute atomic E-state index is 12.0. The van der Waals surface area contributed by atoms with Gasteiger partial charge in [-0.3, -0.25) is 4.79 Å². The number of rotatable bonds is 4. The molecule has 0 aliphatic carbocycles. The Balaban J connectivity index is 1.77. The van der Waals surface area contributed by atoms with Crippen molar-refractivity contribution in [2.45, 2.75) is 13.8 Å². The van der Waals surface area contributed by atoms with Gasteiger partial charge in [0.05, 0.1) is 5.92 Å². The normalized spacial score (nSPS) is 15.2. The van der Waals surface area contributed by atoms with Crippen LogP contribution in [0.1, 0.15) is 25.0 Å². The molecule has 3 rings (SSSR count). The zero-order chi connectivity index (χ0) is 17.8. The lowest BCUT2D eigenvalue weighted by Gasteiger charge is -2.06. The van der Waals surface area contributed by atoms with Crippen molar-refractivity contribution in [1.82, 2.24) is 0 Å². The third-order valence-corrected chi connectivity index (χ3v) is 3.51. The summed E-state index contributed by atoms with van der Waals surface area (Å²) >= 11 is 0. The van der Waals surface area contributed by atoms with Gasteiger partial charge in [-0.05, 0) is 35.9 Å². The van der Waals surface area contributed by atoms with E-state index in [-0.39, 0.29) is 17.6 Å². The summed E-state index contributed by atoms with van der Waals surface area (Å²) in [6.45, 7) is 3.55. The van der Waals surface area contributed by atoms with Crippen LogP contribution in [-0.2, 0) is 14.3 Å². The number of ether oxygens (including phenoxy) is 2. The summed E-state index contributed by atoms with van der Waals surface area (Å²) in [7, 11) is 0. The fourth-order valence-electron chi connectivity index (χ4n) is 2.14. The topological polar surface area (TPSA) is 65.0 Å². The minimum Gasteiger partial charge on any atom is -0.426 e. The molecular formula is C20H17NO4. The van der Waals surface area contributed by atoms with E-state index in [0.29, 0.717) is 11.6 Å². The van der Waals surface area contributed by atoms with Crippen molar-refractivity contribution >= 4 is 23.9 Å². The third-order valence-electron chi connectivity index (χ3n) is 3.51. The quantitative estimate of drug-likeness (QED) is 0.486. The number of hydrogen-bond acceptors (Lipinski definition) is 5. The van der Waals surface area contributed by atoms with E-state index >= 15 is 0 Å². The fraction of sp³-hybridized carbons (Fsp3) is 0.150. The number of esters is 2. The van der Waals surface area contributed by atoms with E-state index in [4.69, 9.17) is 9.47 Å². The first-order chi connectivity index (χ1) is 12.0. The van der Waals surface area contributed by atoms with E-state index in [0.717, 1.165) is 11.1 Å². The van der Waals surface area contributed by atoms with E-state index in [2.05, 4.69) is 4.99 Å². The Hall–Kier alpha value is -3.21. The highest BCUT2D eigenvalue weighted by Crippen LogP contribution is 2.21. The molecule has 0 N–H and O–H groups in total. The van der Waals surface area contributed by atoms with Crippen LogP contribution in [0, 0.1) is 5.92 Å². The molecule has 0 aromatic heterocycles. The summed E-state index contributed by atoms with van der Waals surface area (Å²) in [5.74, 6) is -0.222. The molecule has 0 radical (unpaired) electrons. The molecule has 2 aromatic carbocycles. The van der Waals surface area contributed by atoms with Crippen LogP contribution in [-0.4, -0.2) is 17.8 Å². The smallest absolute Gasteiger partial charge is 0.363 e. The van der Waals surface area contributed by atoms with Gasteiger partial charge in [0.25, 0.3) is 0 Å². The van der Waals surface area contributed by atoms with Gasteiger partial charge in [0.15, 0.2) is 5.70 Å². The van der Waals surface area contributed by atoms with Gasteiger partial charge in [-0.15, -0.1) is 0 Å². The zero-order valence-electron chi connectivity index (χ0n) is 13.9. The number of nitrogens with zero attached hydrogens (tertiary/aromatic N) is 1. The van der Waals surface area contributed by atoms with E-state index in [1.165, 1.54) is 0 Å². The van der Waals surface area contributed by atoms with Gasteiger partial charge in [-0.25, -0.2) is 9.79 Å². The molecule has 126 valence electrons. The summed E-state index contributed by atoms with van der Waals surface area (Å²) < 4.78 is 10.4. The van der Waals surface area contributed by atoms with Crippen molar-refractivity contribution in [3.8, 4) is 5.75 Å². The predicted octanol–water partition coefficient (Wildman–Crippen LogP) is 3.59. The number of cyclic esters (lactones) is 1. The van der Waals surface area contributed by atoms with Crippen LogP contribution in [0.15, 0.2) is 65.3 Å². The Kier molecular flexibility index (Phi) is 4.75. The molecule has 1 aliphatic rings. The summed E-state index contributed by atoms with van der Waals surface area (Å²) in [5, 5.41) is 0. The molecule has 1 aliphatic heterocycles. The van der Waals surface area contributed by atoms with Gasteiger partial charge < -0.3 is 9.47 Å². The highest BCUT2D eigenvalue weighted by atomic mass is 16.6. The Morgan fingerprint density at radius 3 is 2.40 bits per heavy atom. The predicted molar refractivity (Wildman–Crippen MR) is 94.0 cm³/mol. The number of carbonyl (C=O) groups is 2. The molecule has 0 unspecified atom stereocenters. The highest BCUT2D eigenvalue weighted by Gasteiger charge is 2.23. The van der Waals surface area contributed by atoms with Crippen LogP contribution in [0.3, 0.4) is 0 Å². The second-order valence-electron chi connectivity index (χ2n) is 5.85. The minimum absolute atomic E-state index is 0.194. The summed E-state index contributed by atoms with van der Waals surface area (Å²) in [6, 6.07) is 16.1. The van der Waals surface area contributed by atoms with E-state index in [1.54, 1.807) is 44.2 Å². The summed E-state index contributed by atoms with van der Waals surface area (Å²) in [4.78, 5) is 27.8. The SMILES string of the molecule is CC(C)C(=O)Oc1ccc(/C=C2\N=C(c3ccccc3)OC2=O)cc1. The van der Waals surface area contributed by atoms with Crippen molar-refractivity contribution in [2.75, 3.05) is 0 Å². The average molecular weight is 335 g/mol. The Morgan fingerprint density at radius 2 is 1.76 bits per heavy atom. The Morgan fingerprint density at radius 1 is 1.08 bits per heavy atom. The molecule has 0 saturated heterocycles. The van der Waals surface area contributed by atoms with Crippen molar-refractivity contribution in [3.05, 3.63) is 71.4 Å². The second kappa shape index (κ2) is 7.13. The van der Waals surface area contributed by atoms with Gasteiger partial charge in [0, 0.05) is 5.56 Å². The number of carbonyl (C=O) groups excluding carboxylic acids is 2. The largest absolute Gasteiger partial charge is 0.426 e. The van der Waals surface area contributed by atoms with Crippen LogP contribution in [0.2, 0.25) is 0 Å².